The van der Waals surface area contributed by atoms with Crippen LogP contribution in [0, 0.1) is 6.92 Å². The number of nitrogens with one attached hydrogen (secondary N) is 1. The molecule has 0 saturated carbocycles. The predicted molar refractivity (Wildman–Crippen MR) is 114 cm³/mol. The van der Waals surface area contributed by atoms with Crippen molar-refractivity contribution in [2.45, 2.75) is 31.7 Å². The van der Waals surface area contributed by atoms with Crippen molar-refractivity contribution in [2.75, 3.05) is 11.1 Å². The Morgan fingerprint density at radius 1 is 1.24 bits per heavy atom. The second kappa shape index (κ2) is 9.10. The van der Waals surface area contributed by atoms with Crippen molar-refractivity contribution in [3.8, 4) is 17.1 Å². The minimum absolute atomic E-state index is 0.0346. The van der Waals surface area contributed by atoms with E-state index in [1.54, 1.807) is 12.3 Å². The molecule has 4 rings (SSSR count). The van der Waals surface area contributed by atoms with Gasteiger partial charge in [0.15, 0.2) is 11.0 Å². The maximum Gasteiger partial charge on any atom is 0.416 e. The number of aryl methyl sites for hydroxylation is 1. The fraction of sp³-hybridized carbons (Fsp3) is 0.250. The number of alkyl halides is 3. The molecular formula is C20H18F3N7O2S. The molecule has 0 unspecified atom stereocenters. The van der Waals surface area contributed by atoms with Gasteiger partial charge in [-0.05, 0) is 38.1 Å². The lowest BCUT2D eigenvalue weighted by Gasteiger charge is -2.14. The number of halogens is 3. The Hall–Kier alpha value is -3.61. The van der Waals surface area contributed by atoms with Crippen LogP contribution in [0.3, 0.4) is 0 Å². The van der Waals surface area contributed by atoms with Crippen molar-refractivity contribution in [1.29, 1.82) is 0 Å². The molecule has 172 valence electrons. The van der Waals surface area contributed by atoms with Crippen LogP contribution in [-0.4, -0.2) is 41.2 Å². The molecule has 0 saturated heterocycles. The largest absolute Gasteiger partial charge is 0.469 e. The summed E-state index contributed by atoms with van der Waals surface area (Å²) in [6, 6.07) is 4.80. The molecule has 9 nitrogen and oxygen atoms in total. The van der Waals surface area contributed by atoms with Crippen LogP contribution in [0.25, 0.3) is 17.1 Å². The summed E-state index contributed by atoms with van der Waals surface area (Å²) in [7, 11) is 0. The molecule has 0 atom stereocenters. The van der Waals surface area contributed by atoms with Crippen molar-refractivity contribution < 1.29 is 22.4 Å². The van der Waals surface area contributed by atoms with Crippen LogP contribution in [-0.2, 0) is 17.5 Å². The molecule has 3 aromatic heterocycles. The van der Waals surface area contributed by atoms with Crippen LogP contribution in [0.4, 0.5) is 18.9 Å². The number of carbonyl (C=O) groups is 1. The molecule has 0 radical (unpaired) electrons. The average molecular weight is 477 g/mol. The van der Waals surface area contributed by atoms with Crippen LogP contribution >= 0.6 is 11.8 Å². The van der Waals surface area contributed by atoms with Crippen LogP contribution in [0.1, 0.15) is 18.2 Å². The molecule has 13 heteroatoms. The SMILES string of the molecule is CCn1c(SCC(=O)Nc2cc(C(F)(F)F)ccc2-n2cncn2)nnc1-c1ccoc1C. The van der Waals surface area contributed by atoms with Gasteiger partial charge in [0.2, 0.25) is 5.91 Å². The van der Waals surface area contributed by atoms with Gasteiger partial charge in [0.25, 0.3) is 0 Å². The van der Waals surface area contributed by atoms with Crippen LogP contribution < -0.4 is 5.32 Å². The highest BCUT2D eigenvalue weighted by molar-refractivity contribution is 7.99. The molecular weight excluding hydrogens is 459 g/mol. The number of rotatable bonds is 7. The second-order valence-corrected chi connectivity index (χ2v) is 7.79. The van der Waals surface area contributed by atoms with E-state index in [9.17, 15) is 18.0 Å². The Morgan fingerprint density at radius 2 is 2.06 bits per heavy atom. The quantitative estimate of drug-likeness (QED) is 0.398. The summed E-state index contributed by atoms with van der Waals surface area (Å²) in [5, 5.41) is 15.3. The Morgan fingerprint density at radius 3 is 2.70 bits per heavy atom. The van der Waals surface area contributed by atoms with Gasteiger partial charge in [0.05, 0.1) is 34.5 Å². The molecule has 3 heterocycles. The highest BCUT2D eigenvalue weighted by atomic mass is 32.2. The van der Waals surface area contributed by atoms with Gasteiger partial charge in [-0.3, -0.25) is 4.79 Å². The van der Waals surface area contributed by atoms with Gasteiger partial charge in [-0.25, -0.2) is 9.67 Å². The van der Waals surface area contributed by atoms with Gasteiger partial charge in [0.1, 0.15) is 18.4 Å². The Balaban J connectivity index is 1.53. The molecule has 0 fully saturated rings. The molecule has 0 aliphatic carbocycles. The van der Waals surface area contributed by atoms with E-state index >= 15 is 0 Å². The van der Waals surface area contributed by atoms with Crippen molar-refractivity contribution in [3.63, 3.8) is 0 Å². The monoisotopic (exact) mass is 477 g/mol. The van der Waals surface area contributed by atoms with Gasteiger partial charge < -0.3 is 14.3 Å². The second-order valence-electron chi connectivity index (χ2n) is 6.85. The lowest BCUT2D eigenvalue weighted by Crippen LogP contribution is -2.17. The first-order chi connectivity index (χ1) is 15.8. The number of hydrogen-bond donors (Lipinski definition) is 1. The summed E-state index contributed by atoms with van der Waals surface area (Å²) >= 11 is 1.13. The summed E-state index contributed by atoms with van der Waals surface area (Å²) in [5.41, 5.74) is 0.128. The first-order valence-electron chi connectivity index (χ1n) is 9.74. The third kappa shape index (κ3) is 4.77. The van der Waals surface area contributed by atoms with E-state index in [1.807, 2.05) is 18.4 Å². The number of anilines is 1. The van der Waals surface area contributed by atoms with Crippen LogP contribution in [0.2, 0.25) is 0 Å². The highest BCUT2D eigenvalue weighted by Crippen LogP contribution is 2.33. The normalized spacial score (nSPS) is 11.7. The Bertz CT molecular complexity index is 1270. The summed E-state index contributed by atoms with van der Waals surface area (Å²) in [4.78, 5) is 16.4. The summed E-state index contributed by atoms with van der Waals surface area (Å²) in [6.45, 7) is 4.28. The number of nitrogens with zero attached hydrogens (tertiary/aromatic N) is 6. The molecule has 1 amide bonds. The minimum Gasteiger partial charge on any atom is -0.469 e. The van der Waals surface area contributed by atoms with Gasteiger partial charge >= 0.3 is 6.18 Å². The molecule has 33 heavy (non-hydrogen) atoms. The van der Waals surface area contributed by atoms with E-state index in [1.165, 1.54) is 23.4 Å². The van der Waals surface area contributed by atoms with Gasteiger partial charge in [-0.2, -0.15) is 18.3 Å². The Kier molecular flexibility index (Phi) is 6.22. The number of benzene rings is 1. The molecule has 0 spiro atoms. The smallest absolute Gasteiger partial charge is 0.416 e. The lowest BCUT2D eigenvalue weighted by molar-refractivity contribution is -0.137. The number of amides is 1. The van der Waals surface area contributed by atoms with Crippen LogP contribution in [0.5, 0.6) is 0 Å². The zero-order valence-electron chi connectivity index (χ0n) is 17.5. The van der Waals surface area contributed by atoms with Crippen molar-refractivity contribution in [3.05, 3.63) is 54.5 Å². The fourth-order valence-electron chi connectivity index (χ4n) is 3.16. The molecule has 4 aromatic rings. The molecule has 0 aliphatic heterocycles. The standard InChI is InChI=1S/C20H18F3N7O2S/c1-3-29-18(14-6-7-32-12(14)2)27-28-19(29)33-9-17(31)26-15-8-13(20(21,22)23)4-5-16(15)30-11-24-10-25-30/h4-8,10-11H,3,9H2,1-2H3,(H,26,31). The van der Waals surface area contributed by atoms with Gasteiger partial charge in [-0.1, -0.05) is 11.8 Å². The average Bonchev–Trinajstić information content (AvgIpc) is 3.52. The molecule has 1 aromatic carbocycles. The van der Waals surface area contributed by atoms with Gasteiger partial charge in [-0.15, -0.1) is 10.2 Å². The number of thioether (sulfide) groups is 1. The van der Waals surface area contributed by atoms with Crippen molar-refractivity contribution >= 4 is 23.4 Å². The number of hydrogen-bond acceptors (Lipinski definition) is 7. The number of carbonyl (C=O) groups excluding carboxylic acids is 1. The summed E-state index contributed by atoms with van der Waals surface area (Å²) in [6.07, 6.45) is -0.429. The van der Waals surface area contributed by atoms with E-state index in [4.69, 9.17) is 4.42 Å². The van der Waals surface area contributed by atoms with Crippen molar-refractivity contribution in [1.82, 2.24) is 29.5 Å². The van der Waals surface area contributed by atoms with Crippen LogP contribution in [0.15, 0.2) is 52.8 Å². The van der Waals surface area contributed by atoms with E-state index in [0.29, 0.717) is 23.3 Å². The predicted octanol–water partition coefficient (Wildman–Crippen LogP) is 4.20. The van der Waals surface area contributed by atoms with Crippen molar-refractivity contribution in [2.24, 2.45) is 0 Å². The Labute approximate surface area is 190 Å². The topological polar surface area (TPSA) is 104 Å². The summed E-state index contributed by atoms with van der Waals surface area (Å²) in [5.74, 6) is 0.706. The first kappa shape index (κ1) is 22.6. The minimum atomic E-state index is -4.56. The lowest BCUT2D eigenvalue weighted by atomic mass is 10.1. The molecule has 0 bridgehead atoms. The van der Waals surface area contributed by atoms with E-state index < -0.39 is 17.6 Å². The highest BCUT2D eigenvalue weighted by Gasteiger charge is 2.31. The fourth-order valence-corrected chi connectivity index (χ4v) is 3.96. The van der Waals surface area contributed by atoms with E-state index in [0.717, 1.165) is 29.5 Å². The molecule has 1 N–H and O–H groups in total. The first-order valence-corrected chi connectivity index (χ1v) is 10.7. The number of furan rings is 1. The zero-order valence-corrected chi connectivity index (χ0v) is 18.3. The maximum absolute atomic E-state index is 13.2. The third-order valence-corrected chi connectivity index (χ3v) is 5.70. The van der Waals surface area contributed by atoms with E-state index in [2.05, 4.69) is 25.6 Å². The molecule has 0 aliphatic rings. The van der Waals surface area contributed by atoms with E-state index in [-0.39, 0.29) is 17.1 Å². The maximum atomic E-state index is 13.2. The zero-order chi connectivity index (χ0) is 23.6. The van der Waals surface area contributed by atoms with Gasteiger partial charge in [0, 0.05) is 6.54 Å². The third-order valence-electron chi connectivity index (χ3n) is 4.73. The summed E-state index contributed by atoms with van der Waals surface area (Å²) < 4.78 is 48.0. The number of aromatic nitrogens is 6.